The highest BCUT2D eigenvalue weighted by atomic mass is 127. The van der Waals surface area contributed by atoms with Crippen LogP contribution in [0.15, 0.2) is 0 Å². The third-order valence-electron chi connectivity index (χ3n) is 6.34. The Morgan fingerprint density at radius 2 is 1.15 bits per heavy atom. The number of ether oxygens (including phenoxy) is 2. The third kappa shape index (κ3) is 23.2. The highest BCUT2D eigenvalue weighted by Gasteiger charge is 2.51. The standard InChI is InChI=1S/C12H22O2Si.C6H8O3.3C3H9IS/c1-7-8(2)10-5-9(7)6-11(10)12(13)14-3-4-15;1-3-4(2)6(8)9-5(3)7;3*1-5(2,3)4/h7-11H,3-6H2,1-2,15H3;3-4H,1-2H3;3*1-3H3. The zero-order valence-electron chi connectivity index (χ0n) is 26.8. The van der Waals surface area contributed by atoms with E-state index < -0.39 is 11.9 Å². The molecule has 5 nitrogen and oxygen atoms in total. The fourth-order valence-corrected chi connectivity index (χ4v) is 4.42. The van der Waals surface area contributed by atoms with Gasteiger partial charge in [-0.25, -0.2) is 0 Å². The predicted octanol–water partition coefficient (Wildman–Crippen LogP) is 7.67. The first-order valence-electron chi connectivity index (χ1n) is 13.3. The van der Waals surface area contributed by atoms with Gasteiger partial charge in [-0.05, 0) is 162 Å². The Labute approximate surface area is 284 Å². The van der Waals surface area contributed by atoms with Crippen molar-refractivity contribution in [1.29, 1.82) is 0 Å². The first kappa shape index (κ1) is 43.2. The second-order valence-electron chi connectivity index (χ2n) is 12.8. The van der Waals surface area contributed by atoms with Crippen LogP contribution in [-0.4, -0.2) is 91.1 Å². The first-order chi connectivity index (χ1) is 17.3. The molecule has 0 aromatic carbocycles. The van der Waals surface area contributed by atoms with E-state index in [9.17, 15) is 14.4 Å². The number of cyclic esters (lactones) is 2. The summed E-state index contributed by atoms with van der Waals surface area (Å²) in [7, 11) is 0.538. The molecule has 0 N–H and O–H groups in total. The van der Waals surface area contributed by atoms with E-state index in [1.807, 2.05) is 0 Å². The first-order valence-corrected chi connectivity index (χ1v) is 30.9. The molecule has 0 amide bonds. The SMILES string of the molecule is CC1C(=O)OC(=O)C1C.CC1C2CC(C(=O)OCC[SiH3])C(C2)C1C.CS(C)(C)I.CS(C)(C)I.CS(C)(C)I. The number of carbonyl (C=O) groups is 3. The van der Waals surface area contributed by atoms with Crippen LogP contribution in [-0.2, 0) is 23.9 Å². The van der Waals surface area contributed by atoms with Crippen LogP contribution < -0.4 is 0 Å². The van der Waals surface area contributed by atoms with E-state index in [1.54, 1.807) is 13.8 Å². The monoisotopic (exact) mass is 966 g/mol. The number of esters is 3. The second kappa shape index (κ2) is 19.5. The Balaban J connectivity index is 0. The summed E-state index contributed by atoms with van der Waals surface area (Å²) in [6.45, 7) is 8.69. The molecule has 0 spiro atoms. The highest BCUT2D eigenvalue weighted by Crippen LogP contribution is 2.55. The van der Waals surface area contributed by atoms with Crippen molar-refractivity contribution in [2.24, 2.45) is 41.4 Å². The van der Waals surface area contributed by atoms with E-state index in [-0.39, 0.29) is 45.3 Å². The van der Waals surface area contributed by atoms with Crippen LogP contribution in [0, 0.1) is 41.4 Å². The van der Waals surface area contributed by atoms with Crippen molar-refractivity contribution in [3.63, 3.8) is 0 Å². The zero-order chi connectivity index (χ0) is 31.5. The molecule has 7 unspecified atom stereocenters. The molecule has 0 radical (unpaired) electrons. The van der Waals surface area contributed by atoms with Crippen LogP contribution in [0.4, 0.5) is 0 Å². The Morgan fingerprint density at radius 3 is 1.38 bits per heavy atom. The minimum absolute atomic E-state index is 0.0945. The Morgan fingerprint density at radius 1 is 0.795 bits per heavy atom. The van der Waals surface area contributed by atoms with Crippen LogP contribution in [0.3, 0.4) is 0 Å². The fourth-order valence-electron chi connectivity index (χ4n) is 4.21. The summed E-state index contributed by atoms with van der Waals surface area (Å²) in [5.41, 5.74) is 0. The number of carbonyl (C=O) groups excluding carboxylic acids is 3. The lowest BCUT2D eigenvalue weighted by Gasteiger charge is -2.30. The minimum atomic E-state index is -0.396. The number of halogens is 3. The van der Waals surface area contributed by atoms with Gasteiger partial charge in [0, 0.05) is 10.2 Å². The lowest BCUT2D eigenvalue weighted by atomic mass is 9.76. The van der Waals surface area contributed by atoms with Crippen molar-refractivity contribution < 1.29 is 23.9 Å². The smallest absolute Gasteiger partial charge is 0.317 e. The van der Waals surface area contributed by atoms with Gasteiger partial charge in [-0.2, -0.15) is 21.6 Å². The van der Waals surface area contributed by atoms with E-state index in [4.69, 9.17) is 4.74 Å². The average Bonchev–Trinajstić information content (AvgIpc) is 3.33. The highest BCUT2D eigenvalue weighted by molar-refractivity contribution is 14.2. The largest absolute Gasteiger partial charge is 0.466 e. The van der Waals surface area contributed by atoms with Gasteiger partial charge in [-0.3, -0.25) is 14.4 Å². The van der Waals surface area contributed by atoms with Gasteiger partial charge in [0.15, 0.2) is 0 Å². The van der Waals surface area contributed by atoms with Crippen LogP contribution in [0.5, 0.6) is 0 Å². The molecule has 3 fully saturated rings. The lowest BCUT2D eigenvalue weighted by Crippen LogP contribution is -2.31. The summed E-state index contributed by atoms with van der Waals surface area (Å²) < 4.78 is 9.61. The summed E-state index contributed by atoms with van der Waals surface area (Å²) >= 11 is 7.38. The third-order valence-corrected chi connectivity index (χ3v) is 6.75. The molecular weight excluding hydrogens is 909 g/mol. The predicted molar refractivity (Wildman–Crippen MR) is 211 cm³/mol. The molecule has 2 saturated carbocycles. The maximum absolute atomic E-state index is 11.8. The van der Waals surface area contributed by atoms with Gasteiger partial charge in [-0.15, -0.1) is 0 Å². The molecule has 1 saturated heterocycles. The van der Waals surface area contributed by atoms with Crippen molar-refractivity contribution in [1.82, 2.24) is 0 Å². The van der Waals surface area contributed by atoms with Gasteiger partial charge in [-0.1, -0.05) is 27.7 Å². The van der Waals surface area contributed by atoms with E-state index in [1.165, 1.54) is 6.42 Å². The molecule has 0 aromatic heterocycles. The number of fused-ring (bicyclic) bond motifs is 2. The summed E-state index contributed by atoms with van der Waals surface area (Å²) in [4.78, 5) is 32.9. The summed E-state index contributed by atoms with van der Waals surface area (Å²) in [6, 6.07) is 1.07. The Kier molecular flexibility index (Phi) is 21.5. The maximum atomic E-state index is 11.8. The normalized spacial score (nSPS) is 30.6. The molecule has 1 heterocycles. The van der Waals surface area contributed by atoms with Gasteiger partial charge in [0.2, 0.25) is 0 Å². The molecule has 1 aliphatic heterocycles. The van der Waals surface area contributed by atoms with Crippen LogP contribution in [0.2, 0.25) is 6.04 Å². The molecule has 0 aromatic rings. The second-order valence-corrected chi connectivity index (χ2v) is 47.7. The number of hydrogen-bond acceptors (Lipinski definition) is 5. The number of hydrogen-bond donors (Lipinski definition) is 0. The average molecular weight is 967 g/mol. The molecule has 12 heteroatoms. The van der Waals surface area contributed by atoms with Crippen LogP contribution in [0.25, 0.3) is 0 Å². The van der Waals surface area contributed by atoms with Crippen molar-refractivity contribution in [2.45, 2.75) is 46.6 Å². The summed E-state index contributed by atoms with van der Waals surface area (Å²) in [6.07, 6.45) is 22.7. The molecule has 3 aliphatic rings. The topological polar surface area (TPSA) is 69.7 Å². The van der Waals surface area contributed by atoms with E-state index in [0.717, 1.165) is 40.5 Å². The molecule has 7 atom stereocenters. The molecule has 2 bridgehead atoms. The molecule has 2 aliphatic carbocycles. The molecular formula is C27H57I3O5S3Si. The van der Waals surface area contributed by atoms with E-state index in [2.05, 4.69) is 139 Å². The van der Waals surface area contributed by atoms with Gasteiger partial charge in [0.1, 0.15) is 0 Å². The van der Waals surface area contributed by atoms with E-state index >= 15 is 0 Å². The fraction of sp³-hybridized carbons (Fsp3) is 0.889. The van der Waals surface area contributed by atoms with Crippen molar-refractivity contribution in [2.75, 3.05) is 62.9 Å². The quantitative estimate of drug-likeness (QED) is 0.126. The summed E-state index contributed by atoms with van der Waals surface area (Å²) in [5, 5.41) is 0. The Bertz CT molecular complexity index is 703. The van der Waals surface area contributed by atoms with Crippen molar-refractivity contribution in [3.8, 4) is 0 Å². The molecule has 39 heavy (non-hydrogen) atoms. The van der Waals surface area contributed by atoms with Gasteiger partial charge >= 0.3 is 17.9 Å². The van der Waals surface area contributed by atoms with Crippen LogP contribution in [0.1, 0.15) is 40.5 Å². The Hall–Kier alpha value is 2.07. The number of rotatable bonds is 3. The maximum Gasteiger partial charge on any atom is 0.317 e. The summed E-state index contributed by atoms with van der Waals surface area (Å²) in [5.74, 6) is 1.97. The van der Waals surface area contributed by atoms with Gasteiger partial charge in [0.05, 0.1) is 24.4 Å². The zero-order valence-corrected chi connectivity index (χ0v) is 37.7. The lowest BCUT2D eigenvalue weighted by molar-refractivity contribution is -0.154. The van der Waals surface area contributed by atoms with Gasteiger partial charge in [0.25, 0.3) is 0 Å². The van der Waals surface area contributed by atoms with E-state index in [0.29, 0.717) is 12.5 Å². The minimum Gasteiger partial charge on any atom is -0.466 e. The van der Waals surface area contributed by atoms with Gasteiger partial charge < -0.3 is 9.47 Å². The van der Waals surface area contributed by atoms with Crippen molar-refractivity contribution >= 4 is 113 Å². The molecule has 238 valence electrons. The molecule has 3 rings (SSSR count). The van der Waals surface area contributed by atoms with Crippen molar-refractivity contribution in [3.05, 3.63) is 0 Å². The van der Waals surface area contributed by atoms with Crippen LogP contribution >= 0.6 is 85.2 Å².